The third-order valence-electron chi connectivity index (χ3n) is 1.38. The standard InChI is InChI=1S/C6H14P/c1-4-6(3,7)5-2/h1,4-5,7H2,2-3H3/t6-/m0/s1. The molecule has 0 amide bonds. The van der Waals surface area contributed by atoms with Gasteiger partial charge >= 0.3 is 0 Å². The minimum Gasteiger partial charge on any atom is -0.131 e. The lowest BCUT2D eigenvalue weighted by Gasteiger charge is -2.18. The zero-order chi connectivity index (χ0) is 5.91. The normalized spacial score (nSPS) is 12.0. The van der Waals surface area contributed by atoms with Crippen LogP contribution in [0.15, 0.2) is 0 Å². The molecule has 2 atom stereocenters. The molecular weight excluding hydrogens is 103 g/mol. The molecule has 0 fully saturated rings. The molecular formula is C6H14P. The third-order valence-corrected chi connectivity index (χ3v) is 2.08. The van der Waals surface area contributed by atoms with E-state index in [9.17, 15) is 0 Å². The highest BCUT2D eigenvalue weighted by Crippen LogP contribution is 2.24. The van der Waals surface area contributed by atoms with Crippen LogP contribution in [0.2, 0.25) is 0 Å². The molecule has 0 heterocycles. The van der Waals surface area contributed by atoms with Gasteiger partial charge in [0.1, 0.15) is 0 Å². The molecule has 1 heteroatoms. The van der Waals surface area contributed by atoms with Gasteiger partial charge < -0.3 is 0 Å². The zero-order valence-corrected chi connectivity index (χ0v) is 6.35. The van der Waals surface area contributed by atoms with Crippen LogP contribution in [0.5, 0.6) is 0 Å². The maximum atomic E-state index is 3.81. The van der Waals surface area contributed by atoms with E-state index in [1.165, 1.54) is 6.42 Å². The van der Waals surface area contributed by atoms with E-state index in [-0.39, 0.29) is 0 Å². The van der Waals surface area contributed by atoms with Crippen molar-refractivity contribution in [3.05, 3.63) is 6.92 Å². The van der Waals surface area contributed by atoms with E-state index in [1.807, 2.05) is 0 Å². The second-order valence-electron chi connectivity index (χ2n) is 2.26. The summed E-state index contributed by atoms with van der Waals surface area (Å²) >= 11 is 0. The fourth-order valence-electron chi connectivity index (χ4n) is 0.177. The molecule has 0 aromatic carbocycles. The molecule has 0 nitrogen and oxygen atoms in total. The number of rotatable bonds is 2. The van der Waals surface area contributed by atoms with Crippen LogP contribution in [0.1, 0.15) is 26.7 Å². The molecule has 0 aliphatic carbocycles. The maximum Gasteiger partial charge on any atom is -0.0181 e. The first-order chi connectivity index (χ1) is 3.12. The van der Waals surface area contributed by atoms with Gasteiger partial charge in [-0.15, -0.1) is 9.24 Å². The fourth-order valence-corrected chi connectivity index (χ4v) is 0.177. The van der Waals surface area contributed by atoms with Crippen LogP contribution in [0, 0.1) is 6.92 Å². The Bertz CT molecular complexity index is 42.1. The van der Waals surface area contributed by atoms with Crippen molar-refractivity contribution in [2.45, 2.75) is 31.8 Å². The Morgan fingerprint density at radius 1 is 1.71 bits per heavy atom. The molecule has 43 valence electrons. The average molecular weight is 117 g/mol. The van der Waals surface area contributed by atoms with Crippen molar-refractivity contribution in [2.75, 3.05) is 0 Å². The van der Waals surface area contributed by atoms with Crippen LogP contribution >= 0.6 is 9.24 Å². The molecule has 1 unspecified atom stereocenters. The minimum absolute atomic E-state index is 0.389. The zero-order valence-electron chi connectivity index (χ0n) is 5.20. The Labute approximate surface area is 48.9 Å². The van der Waals surface area contributed by atoms with E-state index < -0.39 is 0 Å². The van der Waals surface area contributed by atoms with E-state index in [0.717, 1.165) is 6.42 Å². The predicted octanol–water partition coefficient (Wildman–Crippen LogP) is 2.25. The lowest BCUT2D eigenvalue weighted by atomic mass is 10.1. The lowest BCUT2D eigenvalue weighted by Crippen LogP contribution is -2.10. The molecule has 0 saturated carbocycles. The summed E-state index contributed by atoms with van der Waals surface area (Å²) in [6.45, 7) is 8.19. The summed E-state index contributed by atoms with van der Waals surface area (Å²) < 4.78 is 0. The second-order valence-corrected chi connectivity index (χ2v) is 3.65. The Kier molecular flexibility index (Phi) is 2.83. The fraction of sp³-hybridized carbons (Fsp3) is 0.833. The Hall–Kier alpha value is 0.430. The van der Waals surface area contributed by atoms with Crippen molar-refractivity contribution in [2.24, 2.45) is 0 Å². The highest BCUT2D eigenvalue weighted by atomic mass is 31.0. The van der Waals surface area contributed by atoms with Crippen LogP contribution in [0.3, 0.4) is 0 Å². The van der Waals surface area contributed by atoms with Crippen LogP contribution in [-0.4, -0.2) is 5.16 Å². The molecule has 0 bridgehead atoms. The summed E-state index contributed by atoms with van der Waals surface area (Å²) in [4.78, 5) is 0. The summed E-state index contributed by atoms with van der Waals surface area (Å²) in [6, 6.07) is 0. The highest BCUT2D eigenvalue weighted by molar-refractivity contribution is 7.18. The minimum atomic E-state index is 0.389. The van der Waals surface area contributed by atoms with Gasteiger partial charge in [-0.1, -0.05) is 20.8 Å². The topological polar surface area (TPSA) is 0 Å². The molecule has 7 heavy (non-hydrogen) atoms. The van der Waals surface area contributed by atoms with Crippen LogP contribution < -0.4 is 0 Å². The molecule has 0 aromatic rings. The van der Waals surface area contributed by atoms with Crippen molar-refractivity contribution in [1.82, 2.24) is 0 Å². The Morgan fingerprint density at radius 3 is 2.14 bits per heavy atom. The summed E-state index contributed by atoms with van der Waals surface area (Å²) in [5, 5.41) is 0.389. The van der Waals surface area contributed by atoms with Gasteiger partial charge in [-0.2, -0.15) is 0 Å². The number of hydrogen-bond donors (Lipinski definition) is 0. The first-order valence-corrected chi connectivity index (χ1v) is 3.28. The van der Waals surface area contributed by atoms with Gasteiger partial charge in [0.05, 0.1) is 0 Å². The smallest absolute Gasteiger partial charge is 0.0181 e. The molecule has 0 aromatic heterocycles. The van der Waals surface area contributed by atoms with E-state index in [1.54, 1.807) is 0 Å². The predicted molar refractivity (Wildman–Crippen MR) is 38.4 cm³/mol. The summed E-state index contributed by atoms with van der Waals surface area (Å²) in [7, 11) is 2.81. The second kappa shape index (κ2) is 2.67. The van der Waals surface area contributed by atoms with Crippen molar-refractivity contribution in [3.8, 4) is 0 Å². The van der Waals surface area contributed by atoms with Crippen molar-refractivity contribution >= 4 is 9.24 Å². The third kappa shape index (κ3) is 3.05. The molecule has 1 radical (unpaired) electrons. The molecule has 0 spiro atoms. The lowest BCUT2D eigenvalue weighted by molar-refractivity contribution is 0.627. The van der Waals surface area contributed by atoms with Crippen LogP contribution in [0.25, 0.3) is 0 Å². The SMILES string of the molecule is [CH2]C[C@](C)(P)CC. The van der Waals surface area contributed by atoms with Gasteiger partial charge in [-0.05, 0) is 18.0 Å². The van der Waals surface area contributed by atoms with Crippen molar-refractivity contribution < 1.29 is 0 Å². The van der Waals surface area contributed by atoms with Gasteiger partial charge in [-0.3, -0.25) is 0 Å². The Balaban J connectivity index is 3.36. The molecule has 0 rings (SSSR count). The molecule has 0 saturated heterocycles. The maximum absolute atomic E-state index is 3.81. The number of hydrogen-bond acceptors (Lipinski definition) is 0. The largest absolute Gasteiger partial charge is 0.131 e. The summed E-state index contributed by atoms with van der Waals surface area (Å²) in [5.74, 6) is 0. The van der Waals surface area contributed by atoms with Crippen LogP contribution in [-0.2, 0) is 0 Å². The molecule has 0 N–H and O–H groups in total. The summed E-state index contributed by atoms with van der Waals surface area (Å²) in [6.07, 6.45) is 2.20. The van der Waals surface area contributed by atoms with Gasteiger partial charge in [0.15, 0.2) is 0 Å². The first kappa shape index (κ1) is 7.43. The van der Waals surface area contributed by atoms with Crippen molar-refractivity contribution in [3.63, 3.8) is 0 Å². The van der Waals surface area contributed by atoms with E-state index in [2.05, 4.69) is 30.0 Å². The van der Waals surface area contributed by atoms with Gasteiger partial charge in [0, 0.05) is 0 Å². The quantitative estimate of drug-likeness (QED) is 0.486. The highest BCUT2D eigenvalue weighted by Gasteiger charge is 2.10. The van der Waals surface area contributed by atoms with E-state index in [0.29, 0.717) is 5.16 Å². The van der Waals surface area contributed by atoms with Gasteiger partial charge in [0.2, 0.25) is 0 Å². The van der Waals surface area contributed by atoms with Gasteiger partial charge in [-0.25, -0.2) is 0 Å². The van der Waals surface area contributed by atoms with Crippen LogP contribution in [0.4, 0.5) is 0 Å². The Morgan fingerprint density at radius 2 is 2.14 bits per heavy atom. The van der Waals surface area contributed by atoms with Gasteiger partial charge in [0.25, 0.3) is 0 Å². The first-order valence-electron chi connectivity index (χ1n) is 2.70. The molecule has 0 aliphatic heterocycles. The van der Waals surface area contributed by atoms with Crippen molar-refractivity contribution in [1.29, 1.82) is 0 Å². The van der Waals surface area contributed by atoms with E-state index >= 15 is 0 Å². The monoisotopic (exact) mass is 117 g/mol. The van der Waals surface area contributed by atoms with E-state index in [4.69, 9.17) is 0 Å². The molecule has 0 aliphatic rings. The summed E-state index contributed by atoms with van der Waals surface area (Å²) in [5.41, 5.74) is 0. The average Bonchev–Trinajstić information content (AvgIpc) is 1.68.